The number of ketones is 1. The maximum atomic E-state index is 12.5. The van der Waals surface area contributed by atoms with Crippen LogP contribution in [0.2, 0.25) is 5.15 Å². The summed E-state index contributed by atoms with van der Waals surface area (Å²) in [6.45, 7) is 1.83. The zero-order valence-electron chi connectivity index (χ0n) is 16.4. The second-order valence-electron chi connectivity index (χ2n) is 6.66. The average molecular weight is 408 g/mol. The third kappa shape index (κ3) is 5.06. The first-order valence-electron chi connectivity index (χ1n) is 9.45. The third-order valence-electron chi connectivity index (χ3n) is 4.77. The molecule has 6 heteroatoms. The van der Waals surface area contributed by atoms with E-state index in [9.17, 15) is 9.59 Å². The van der Waals surface area contributed by atoms with Gasteiger partial charge in [0, 0.05) is 37.2 Å². The van der Waals surface area contributed by atoms with Gasteiger partial charge in [-0.1, -0.05) is 48.9 Å². The van der Waals surface area contributed by atoms with Crippen LogP contribution >= 0.6 is 11.6 Å². The SMILES string of the molecule is CCC(=O)N(C)c1ccc(-c2ccc(C(=O)CCc3cccnc3Cl)cc2)nc1. The topological polar surface area (TPSA) is 63.2 Å². The molecule has 1 amide bonds. The third-order valence-corrected chi connectivity index (χ3v) is 5.11. The largest absolute Gasteiger partial charge is 0.314 e. The molecule has 0 spiro atoms. The molecule has 29 heavy (non-hydrogen) atoms. The number of pyridine rings is 2. The zero-order valence-corrected chi connectivity index (χ0v) is 17.2. The lowest BCUT2D eigenvalue weighted by atomic mass is 10.0. The highest BCUT2D eigenvalue weighted by molar-refractivity contribution is 6.30. The molecule has 3 rings (SSSR count). The minimum Gasteiger partial charge on any atom is -0.314 e. The van der Waals surface area contributed by atoms with E-state index in [1.54, 1.807) is 24.3 Å². The first kappa shape index (κ1) is 20.7. The summed E-state index contributed by atoms with van der Waals surface area (Å²) in [5.41, 5.74) is 3.97. The summed E-state index contributed by atoms with van der Waals surface area (Å²) < 4.78 is 0. The number of hydrogen-bond acceptors (Lipinski definition) is 4. The molecule has 0 aliphatic rings. The quantitative estimate of drug-likeness (QED) is 0.409. The Morgan fingerprint density at radius 2 is 1.79 bits per heavy atom. The molecule has 0 N–H and O–H groups in total. The Labute approximate surface area is 175 Å². The Balaban J connectivity index is 1.66. The van der Waals surface area contributed by atoms with E-state index in [4.69, 9.17) is 11.6 Å². The molecule has 0 saturated carbocycles. The molecule has 0 radical (unpaired) electrons. The molecule has 0 fully saturated rings. The molecule has 0 atom stereocenters. The highest BCUT2D eigenvalue weighted by Gasteiger charge is 2.11. The lowest BCUT2D eigenvalue weighted by Crippen LogP contribution is -2.25. The van der Waals surface area contributed by atoms with Crippen LogP contribution in [0.5, 0.6) is 0 Å². The first-order valence-corrected chi connectivity index (χ1v) is 9.83. The number of aromatic nitrogens is 2. The van der Waals surface area contributed by atoms with E-state index in [0.717, 1.165) is 22.5 Å². The van der Waals surface area contributed by atoms with Crippen molar-refractivity contribution in [3.05, 3.63) is 77.2 Å². The predicted molar refractivity (Wildman–Crippen MR) is 115 cm³/mol. The van der Waals surface area contributed by atoms with Crippen LogP contribution in [-0.4, -0.2) is 28.7 Å². The van der Waals surface area contributed by atoms with Gasteiger partial charge >= 0.3 is 0 Å². The summed E-state index contributed by atoms with van der Waals surface area (Å²) >= 11 is 6.05. The fraction of sp³-hybridized carbons (Fsp3) is 0.217. The van der Waals surface area contributed by atoms with Crippen LogP contribution in [-0.2, 0) is 11.2 Å². The molecule has 2 heterocycles. The number of aryl methyl sites for hydroxylation is 1. The fourth-order valence-corrected chi connectivity index (χ4v) is 3.18. The molecule has 2 aromatic heterocycles. The summed E-state index contributed by atoms with van der Waals surface area (Å²) in [7, 11) is 1.74. The van der Waals surface area contributed by atoms with Crippen LogP contribution in [0, 0.1) is 0 Å². The number of Topliss-reactive ketones (excluding diaryl/α,β-unsaturated/α-hetero) is 1. The minimum atomic E-state index is 0.0370. The van der Waals surface area contributed by atoms with Gasteiger partial charge in [-0.25, -0.2) is 4.98 Å². The maximum absolute atomic E-state index is 12.5. The standard InChI is InChI=1S/C23H22ClN3O2/c1-3-22(29)27(2)19-11-12-20(26-15-19)16-6-8-17(9-7-16)21(28)13-10-18-5-4-14-25-23(18)24/h4-9,11-12,14-15H,3,10,13H2,1-2H3. The van der Waals surface area contributed by atoms with Gasteiger partial charge in [-0.2, -0.15) is 0 Å². The van der Waals surface area contributed by atoms with Crippen LogP contribution in [0.1, 0.15) is 35.7 Å². The number of nitrogens with zero attached hydrogens (tertiary/aromatic N) is 3. The van der Waals surface area contributed by atoms with Crippen molar-refractivity contribution in [2.24, 2.45) is 0 Å². The van der Waals surface area contributed by atoms with Crippen LogP contribution in [0.3, 0.4) is 0 Å². The van der Waals surface area contributed by atoms with Gasteiger partial charge in [0.25, 0.3) is 0 Å². The number of benzene rings is 1. The monoisotopic (exact) mass is 407 g/mol. The van der Waals surface area contributed by atoms with Crippen molar-refractivity contribution in [2.45, 2.75) is 26.2 Å². The number of hydrogen-bond donors (Lipinski definition) is 0. The second-order valence-corrected chi connectivity index (χ2v) is 7.02. The molecule has 0 unspecified atom stereocenters. The van der Waals surface area contributed by atoms with E-state index >= 15 is 0 Å². The van der Waals surface area contributed by atoms with Crippen molar-refractivity contribution in [2.75, 3.05) is 11.9 Å². The second kappa shape index (κ2) is 9.43. The first-order chi connectivity index (χ1) is 14.0. The number of carbonyl (C=O) groups excluding carboxylic acids is 2. The van der Waals surface area contributed by atoms with Crippen molar-refractivity contribution in [1.29, 1.82) is 0 Å². The Bertz CT molecular complexity index is 1000. The van der Waals surface area contributed by atoms with E-state index in [0.29, 0.717) is 30.0 Å². The van der Waals surface area contributed by atoms with Gasteiger partial charge < -0.3 is 4.90 Å². The summed E-state index contributed by atoms with van der Waals surface area (Å²) in [6.07, 6.45) is 4.68. The number of amides is 1. The lowest BCUT2D eigenvalue weighted by molar-refractivity contribution is -0.118. The van der Waals surface area contributed by atoms with Crippen LogP contribution in [0.15, 0.2) is 60.9 Å². The number of rotatable bonds is 7. The average Bonchev–Trinajstić information content (AvgIpc) is 2.77. The van der Waals surface area contributed by atoms with Crippen molar-refractivity contribution >= 4 is 29.0 Å². The molecule has 0 saturated heterocycles. The molecule has 148 valence electrons. The van der Waals surface area contributed by atoms with Gasteiger partial charge in [-0.15, -0.1) is 0 Å². The predicted octanol–water partition coefficient (Wildman–Crippen LogP) is 4.99. The van der Waals surface area contributed by atoms with Crippen molar-refractivity contribution in [3.63, 3.8) is 0 Å². The van der Waals surface area contributed by atoms with E-state index in [1.165, 1.54) is 0 Å². The van der Waals surface area contributed by atoms with E-state index in [-0.39, 0.29) is 11.7 Å². The Hall–Kier alpha value is -3.05. The Morgan fingerprint density at radius 1 is 1.03 bits per heavy atom. The minimum absolute atomic E-state index is 0.0370. The van der Waals surface area contributed by atoms with Crippen molar-refractivity contribution in [1.82, 2.24) is 9.97 Å². The molecule has 3 aromatic rings. The van der Waals surface area contributed by atoms with Crippen LogP contribution in [0.25, 0.3) is 11.3 Å². The number of anilines is 1. The molecule has 0 aliphatic carbocycles. The van der Waals surface area contributed by atoms with Gasteiger partial charge in [0.15, 0.2) is 5.78 Å². The van der Waals surface area contributed by atoms with E-state index in [1.807, 2.05) is 55.5 Å². The van der Waals surface area contributed by atoms with Crippen LogP contribution < -0.4 is 4.90 Å². The van der Waals surface area contributed by atoms with Gasteiger partial charge in [0.2, 0.25) is 5.91 Å². The summed E-state index contributed by atoms with van der Waals surface area (Å²) in [6, 6.07) is 14.8. The molecule has 5 nitrogen and oxygen atoms in total. The van der Waals surface area contributed by atoms with Gasteiger partial charge in [0.1, 0.15) is 5.15 Å². The van der Waals surface area contributed by atoms with E-state index in [2.05, 4.69) is 9.97 Å². The highest BCUT2D eigenvalue weighted by atomic mass is 35.5. The Morgan fingerprint density at radius 3 is 2.41 bits per heavy atom. The van der Waals surface area contributed by atoms with E-state index < -0.39 is 0 Å². The summed E-state index contributed by atoms with van der Waals surface area (Å²) in [5.74, 6) is 0.0921. The zero-order chi connectivity index (χ0) is 20.8. The summed E-state index contributed by atoms with van der Waals surface area (Å²) in [5, 5.41) is 0.441. The van der Waals surface area contributed by atoms with Gasteiger partial charge in [0.05, 0.1) is 17.6 Å². The maximum Gasteiger partial charge on any atom is 0.226 e. The lowest BCUT2D eigenvalue weighted by Gasteiger charge is -2.16. The molecular formula is C23H22ClN3O2. The Kier molecular flexibility index (Phi) is 6.73. The highest BCUT2D eigenvalue weighted by Crippen LogP contribution is 2.22. The summed E-state index contributed by atoms with van der Waals surface area (Å²) in [4.78, 5) is 34.3. The normalized spacial score (nSPS) is 10.6. The smallest absolute Gasteiger partial charge is 0.226 e. The number of carbonyl (C=O) groups is 2. The molecular weight excluding hydrogens is 386 g/mol. The number of halogens is 1. The van der Waals surface area contributed by atoms with Gasteiger partial charge in [-0.3, -0.25) is 14.6 Å². The molecule has 1 aromatic carbocycles. The van der Waals surface area contributed by atoms with Crippen LogP contribution in [0.4, 0.5) is 5.69 Å². The van der Waals surface area contributed by atoms with Crippen molar-refractivity contribution < 1.29 is 9.59 Å². The molecule has 0 aliphatic heterocycles. The molecule has 0 bridgehead atoms. The fourth-order valence-electron chi connectivity index (χ4n) is 2.96. The van der Waals surface area contributed by atoms with Crippen molar-refractivity contribution in [3.8, 4) is 11.3 Å². The van der Waals surface area contributed by atoms with Gasteiger partial charge in [-0.05, 0) is 30.2 Å².